The predicted octanol–water partition coefficient (Wildman–Crippen LogP) is 2.38. The Morgan fingerprint density at radius 1 is 1.40 bits per heavy atom. The van der Waals surface area contributed by atoms with Crippen LogP contribution < -0.4 is 15.2 Å². The minimum absolute atomic E-state index is 0.0892. The van der Waals surface area contributed by atoms with E-state index in [9.17, 15) is 0 Å². The lowest BCUT2D eigenvalue weighted by atomic mass is 9.93. The first-order chi connectivity index (χ1) is 7.03. The Morgan fingerprint density at radius 3 is 2.80 bits per heavy atom. The van der Waals surface area contributed by atoms with Gasteiger partial charge >= 0.3 is 0 Å². The maximum atomic E-state index is 5.88. The van der Waals surface area contributed by atoms with Crippen LogP contribution in [0.15, 0.2) is 12.1 Å². The van der Waals surface area contributed by atoms with Gasteiger partial charge in [0.25, 0.3) is 0 Å². The van der Waals surface area contributed by atoms with Gasteiger partial charge in [0, 0.05) is 5.56 Å². The predicted molar refractivity (Wildman–Crippen MR) is 60.4 cm³/mol. The molecule has 1 aliphatic heterocycles. The fourth-order valence-electron chi connectivity index (χ4n) is 1.98. The Balaban J connectivity index is 2.47. The van der Waals surface area contributed by atoms with Crippen LogP contribution in [0.3, 0.4) is 0 Å². The summed E-state index contributed by atoms with van der Waals surface area (Å²) in [6.07, 6.45) is 1.94. The number of ether oxygens (including phenoxy) is 2. The number of hydrogen-bond donors (Lipinski definition) is 1. The zero-order valence-electron chi connectivity index (χ0n) is 9.46. The average Bonchev–Trinajstić information content (AvgIpc) is 2.17. The minimum Gasteiger partial charge on any atom is -0.494 e. The van der Waals surface area contributed by atoms with E-state index in [1.54, 1.807) is 7.11 Å². The molecule has 3 nitrogen and oxygen atoms in total. The van der Waals surface area contributed by atoms with Gasteiger partial charge in [-0.3, -0.25) is 0 Å². The molecule has 0 bridgehead atoms. The molecule has 1 heterocycles. The molecule has 1 aromatic carbocycles. The third-order valence-corrected chi connectivity index (χ3v) is 2.82. The highest BCUT2D eigenvalue weighted by atomic mass is 16.5. The van der Waals surface area contributed by atoms with Gasteiger partial charge in [0.1, 0.15) is 17.1 Å². The summed E-state index contributed by atoms with van der Waals surface area (Å²) in [6.45, 7) is 4.19. The highest BCUT2D eigenvalue weighted by Gasteiger charge is 2.28. The van der Waals surface area contributed by atoms with Gasteiger partial charge in [-0.2, -0.15) is 0 Å². The summed E-state index contributed by atoms with van der Waals surface area (Å²) in [4.78, 5) is 0. The summed E-state index contributed by atoms with van der Waals surface area (Å²) in [5, 5.41) is 0. The molecule has 0 saturated heterocycles. The summed E-state index contributed by atoms with van der Waals surface area (Å²) in [5.41, 5.74) is 7.53. The number of anilines is 1. The lowest BCUT2D eigenvalue weighted by molar-refractivity contribution is 0.0837. The van der Waals surface area contributed by atoms with Gasteiger partial charge in [-0.25, -0.2) is 0 Å². The molecule has 2 N–H and O–H groups in total. The van der Waals surface area contributed by atoms with Crippen LogP contribution in [0.2, 0.25) is 0 Å². The minimum atomic E-state index is -0.0892. The normalized spacial score (nSPS) is 17.8. The number of hydrogen-bond acceptors (Lipinski definition) is 3. The fraction of sp³-hybridized carbons (Fsp3) is 0.500. The highest BCUT2D eigenvalue weighted by molar-refractivity contribution is 5.62. The van der Waals surface area contributed by atoms with Crippen molar-refractivity contribution in [2.75, 3.05) is 12.8 Å². The van der Waals surface area contributed by atoms with Gasteiger partial charge in [-0.1, -0.05) is 0 Å². The second kappa shape index (κ2) is 3.33. The summed E-state index contributed by atoms with van der Waals surface area (Å²) in [6, 6.07) is 3.76. The zero-order chi connectivity index (χ0) is 11.1. The van der Waals surface area contributed by atoms with Crippen molar-refractivity contribution in [3.63, 3.8) is 0 Å². The van der Waals surface area contributed by atoms with Crippen LogP contribution in [0.4, 0.5) is 5.69 Å². The molecule has 2 rings (SSSR count). The fourth-order valence-corrected chi connectivity index (χ4v) is 1.98. The average molecular weight is 207 g/mol. The molecule has 0 amide bonds. The summed E-state index contributed by atoms with van der Waals surface area (Å²) in [7, 11) is 1.64. The van der Waals surface area contributed by atoms with Gasteiger partial charge in [0.05, 0.1) is 12.8 Å². The molecule has 15 heavy (non-hydrogen) atoms. The van der Waals surface area contributed by atoms with Crippen molar-refractivity contribution in [2.24, 2.45) is 0 Å². The smallest absolute Gasteiger partial charge is 0.148 e. The Labute approximate surface area is 90.2 Å². The van der Waals surface area contributed by atoms with Crippen LogP contribution in [0.25, 0.3) is 0 Å². The maximum absolute atomic E-state index is 5.88. The molecule has 82 valence electrons. The molecule has 0 aromatic heterocycles. The second-order valence-electron chi connectivity index (χ2n) is 4.53. The molecular weight excluding hydrogens is 190 g/mol. The third-order valence-electron chi connectivity index (χ3n) is 2.82. The summed E-state index contributed by atoms with van der Waals surface area (Å²) in [5.74, 6) is 1.67. The molecule has 0 aliphatic carbocycles. The molecule has 0 spiro atoms. The van der Waals surface area contributed by atoms with E-state index in [-0.39, 0.29) is 5.60 Å². The summed E-state index contributed by atoms with van der Waals surface area (Å²) < 4.78 is 11.2. The first-order valence-corrected chi connectivity index (χ1v) is 5.18. The van der Waals surface area contributed by atoms with Gasteiger partial charge in [-0.15, -0.1) is 0 Å². The van der Waals surface area contributed by atoms with Crippen LogP contribution in [0, 0.1) is 0 Å². The Hall–Kier alpha value is -1.38. The SMILES string of the molecule is COc1c(N)ccc2c1CCC(C)(C)O2. The Kier molecular flexibility index (Phi) is 2.25. The third kappa shape index (κ3) is 1.74. The molecule has 1 aliphatic rings. The van der Waals surface area contributed by atoms with E-state index in [4.69, 9.17) is 15.2 Å². The van der Waals surface area contributed by atoms with Gasteiger partial charge < -0.3 is 15.2 Å². The first-order valence-electron chi connectivity index (χ1n) is 5.18. The maximum Gasteiger partial charge on any atom is 0.148 e. The van der Waals surface area contributed by atoms with Crippen LogP contribution in [-0.2, 0) is 6.42 Å². The number of rotatable bonds is 1. The lowest BCUT2D eigenvalue weighted by Crippen LogP contribution is -2.32. The molecule has 3 heteroatoms. The standard InChI is InChI=1S/C12H17NO2/c1-12(2)7-6-8-10(15-12)5-4-9(13)11(8)14-3/h4-5H,6-7,13H2,1-3H3. The van der Waals surface area contributed by atoms with Crippen molar-refractivity contribution >= 4 is 5.69 Å². The first kappa shape index (κ1) is 10.1. The number of nitrogens with two attached hydrogens (primary N) is 1. The molecule has 1 aromatic rings. The highest BCUT2D eigenvalue weighted by Crippen LogP contribution is 2.41. The van der Waals surface area contributed by atoms with E-state index in [2.05, 4.69) is 13.8 Å². The topological polar surface area (TPSA) is 44.5 Å². The van der Waals surface area contributed by atoms with Crippen LogP contribution in [-0.4, -0.2) is 12.7 Å². The van der Waals surface area contributed by atoms with Gasteiger partial charge in [-0.05, 0) is 38.8 Å². The Morgan fingerprint density at radius 2 is 2.13 bits per heavy atom. The van der Waals surface area contributed by atoms with Crippen LogP contribution in [0.1, 0.15) is 25.8 Å². The molecule has 0 unspecified atom stereocenters. The molecule has 0 atom stereocenters. The van der Waals surface area contributed by atoms with Crippen LogP contribution >= 0.6 is 0 Å². The quantitative estimate of drug-likeness (QED) is 0.719. The second-order valence-corrected chi connectivity index (χ2v) is 4.53. The van der Waals surface area contributed by atoms with Crippen LogP contribution in [0.5, 0.6) is 11.5 Å². The number of nitrogen functional groups attached to an aromatic ring is 1. The van der Waals surface area contributed by atoms with E-state index in [0.29, 0.717) is 5.69 Å². The van der Waals surface area contributed by atoms with Crippen molar-refractivity contribution in [2.45, 2.75) is 32.3 Å². The number of benzene rings is 1. The largest absolute Gasteiger partial charge is 0.494 e. The molecule has 0 saturated carbocycles. The van der Waals surface area contributed by atoms with Crippen molar-refractivity contribution in [1.82, 2.24) is 0 Å². The van der Waals surface area contributed by atoms with E-state index in [0.717, 1.165) is 29.9 Å². The number of methoxy groups -OCH3 is 1. The molecular formula is C12H17NO2. The van der Waals surface area contributed by atoms with E-state index >= 15 is 0 Å². The van der Waals surface area contributed by atoms with Gasteiger partial charge in [0.15, 0.2) is 0 Å². The number of fused-ring (bicyclic) bond motifs is 1. The van der Waals surface area contributed by atoms with E-state index in [1.807, 2.05) is 12.1 Å². The Bertz CT molecular complexity index is 385. The monoisotopic (exact) mass is 207 g/mol. The van der Waals surface area contributed by atoms with E-state index in [1.165, 1.54) is 0 Å². The lowest BCUT2D eigenvalue weighted by Gasteiger charge is -2.33. The van der Waals surface area contributed by atoms with E-state index < -0.39 is 0 Å². The zero-order valence-corrected chi connectivity index (χ0v) is 9.46. The summed E-state index contributed by atoms with van der Waals surface area (Å²) >= 11 is 0. The van der Waals surface area contributed by atoms with Crippen molar-refractivity contribution in [3.05, 3.63) is 17.7 Å². The van der Waals surface area contributed by atoms with Gasteiger partial charge in [0.2, 0.25) is 0 Å². The van der Waals surface area contributed by atoms with Crippen molar-refractivity contribution in [1.29, 1.82) is 0 Å². The van der Waals surface area contributed by atoms with Crippen molar-refractivity contribution < 1.29 is 9.47 Å². The van der Waals surface area contributed by atoms with Crippen molar-refractivity contribution in [3.8, 4) is 11.5 Å². The molecule has 0 radical (unpaired) electrons. The molecule has 0 fully saturated rings.